The summed E-state index contributed by atoms with van der Waals surface area (Å²) in [5.74, 6) is -0.542. The van der Waals surface area contributed by atoms with Crippen LogP contribution in [-0.4, -0.2) is 21.4 Å². The molecule has 162 valence electrons. The van der Waals surface area contributed by atoms with Gasteiger partial charge >= 0.3 is 0 Å². The molecule has 6 nitrogen and oxygen atoms in total. The van der Waals surface area contributed by atoms with E-state index in [1.807, 2.05) is 49.0 Å². The third-order valence-corrected chi connectivity index (χ3v) is 7.14. The summed E-state index contributed by atoms with van der Waals surface area (Å²) >= 11 is 8.86. The molecule has 0 radical (unpaired) electrons. The molecule has 4 rings (SSSR count). The van der Waals surface area contributed by atoms with E-state index in [0.29, 0.717) is 26.2 Å². The molecule has 0 aliphatic rings. The molecular formula is C23H19ClN4O2S2. The van der Waals surface area contributed by atoms with Gasteiger partial charge in [-0.25, -0.2) is 4.98 Å². The van der Waals surface area contributed by atoms with Crippen LogP contribution in [0.5, 0.6) is 0 Å². The molecule has 2 heterocycles. The van der Waals surface area contributed by atoms with Gasteiger partial charge < -0.3 is 15.2 Å². The molecule has 0 aliphatic heterocycles. The van der Waals surface area contributed by atoms with Gasteiger partial charge in [0.15, 0.2) is 5.16 Å². The molecule has 0 aliphatic carbocycles. The number of halogens is 1. The standard InChI is InChI=1S/C23H19ClN4O2S2/c1-14-13-19(27-21(29)17-5-3-4-6-18(17)24)32-20(14)22(30)26-15-7-9-16(10-8-15)31-23-25-11-12-28(23)2/h3-13H,1-2H3,(H,26,30)(H,27,29). The molecule has 0 fully saturated rings. The van der Waals surface area contributed by atoms with Crippen LogP contribution in [0.2, 0.25) is 5.02 Å². The molecule has 0 bridgehead atoms. The number of anilines is 2. The Balaban J connectivity index is 1.41. The Bertz CT molecular complexity index is 1280. The van der Waals surface area contributed by atoms with Gasteiger partial charge in [-0.15, -0.1) is 11.3 Å². The van der Waals surface area contributed by atoms with Crippen LogP contribution in [0.1, 0.15) is 25.6 Å². The average molecular weight is 483 g/mol. The van der Waals surface area contributed by atoms with Gasteiger partial charge in [-0.3, -0.25) is 9.59 Å². The molecular weight excluding hydrogens is 464 g/mol. The maximum Gasteiger partial charge on any atom is 0.266 e. The zero-order valence-electron chi connectivity index (χ0n) is 17.3. The molecule has 0 atom stereocenters. The second-order valence-corrected chi connectivity index (χ2v) is 9.46. The highest BCUT2D eigenvalue weighted by molar-refractivity contribution is 7.99. The Hall–Kier alpha value is -3.07. The van der Waals surface area contributed by atoms with Gasteiger partial charge in [0.1, 0.15) is 0 Å². The number of nitrogens with one attached hydrogen (secondary N) is 2. The number of hydrogen-bond acceptors (Lipinski definition) is 5. The lowest BCUT2D eigenvalue weighted by Crippen LogP contribution is -2.11. The SMILES string of the molecule is Cc1cc(NC(=O)c2ccccc2Cl)sc1C(=O)Nc1ccc(Sc2nccn2C)cc1. The van der Waals surface area contributed by atoms with E-state index in [-0.39, 0.29) is 11.8 Å². The smallest absolute Gasteiger partial charge is 0.266 e. The van der Waals surface area contributed by atoms with E-state index in [2.05, 4.69) is 15.6 Å². The summed E-state index contributed by atoms with van der Waals surface area (Å²) in [4.78, 5) is 31.1. The minimum Gasteiger partial charge on any atom is -0.329 e. The van der Waals surface area contributed by atoms with Gasteiger partial charge in [-0.2, -0.15) is 0 Å². The average Bonchev–Trinajstić information content (AvgIpc) is 3.34. The van der Waals surface area contributed by atoms with Crippen molar-refractivity contribution in [3.63, 3.8) is 0 Å². The van der Waals surface area contributed by atoms with Crippen molar-refractivity contribution < 1.29 is 9.59 Å². The first-order valence-corrected chi connectivity index (χ1v) is 11.6. The summed E-state index contributed by atoms with van der Waals surface area (Å²) in [7, 11) is 1.94. The summed E-state index contributed by atoms with van der Waals surface area (Å²) in [6, 6.07) is 16.2. The molecule has 2 aromatic carbocycles. The van der Waals surface area contributed by atoms with Crippen molar-refractivity contribution in [1.29, 1.82) is 0 Å². The van der Waals surface area contributed by atoms with Crippen molar-refractivity contribution >= 4 is 57.2 Å². The van der Waals surface area contributed by atoms with Gasteiger partial charge in [0, 0.05) is 30.0 Å². The minimum absolute atomic E-state index is 0.227. The third-order valence-electron chi connectivity index (χ3n) is 4.58. The maximum atomic E-state index is 12.8. The van der Waals surface area contributed by atoms with Crippen molar-refractivity contribution in [3.05, 3.63) is 88.0 Å². The molecule has 2 amide bonds. The van der Waals surface area contributed by atoms with E-state index < -0.39 is 0 Å². The zero-order valence-corrected chi connectivity index (χ0v) is 19.6. The molecule has 2 aromatic heterocycles. The van der Waals surface area contributed by atoms with Crippen LogP contribution in [0.25, 0.3) is 0 Å². The Kier molecular flexibility index (Phi) is 6.64. The summed E-state index contributed by atoms with van der Waals surface area (Å²) in [5, 5.41) is 7.58. The highest BCUT2D eigenvalue weighted by atomic mass is 35.5. The number of imidazole rings is 1. The third kappa shape index (κ3) is 5.04. The van der Waals surface area contributed by atoms with Crippen LogP contribution in [0.15, 0.2) is 77.0 Å². The summed E-state index contributed by atoms with van der Waals surface area (Å²) in [6.45, 7) is 1.84. The predicted octanol–water partition coefficient (Wildman–Crippen LogP) is 6.10. The number of hydrogen-bond donors (Lipinski definition) is 2. The van der Waals surface area contributed by atoms with Crippen LogP contribution in [0, 0.1) is 6.92 Å². The van der Waals surface area contributed by atoms with E-state index >= 15 is 0 Å². The van der Waals surface area contributed by atoms with Gasteiger partial charge in [0.05, 0.1) is 20.5 Å². The largest absolute Gasteiger partial charge is 0.329 e. The lowest BCUT2D eigenvalue weighted by molar-refractivity contribution is 0.102. The lowest BCUT2D eigenvalue weighted by Gasteiger charge is -2.06. The van der Waals surface area contributed by atoms with Crippen molar-refractivity contribution in [2.45, 2.75) is 17.0 Å². The number of carbonyl (C=O) groups excluding carboxylic acids is 2. The first-order chi connectivity index (χ1) is 15.4. The number of amides is 2. The van der Waals surface area contributed by atoms with E-state index in [0.717, 1.165) is 15.6 Å². The maximum absolute atomic E-state index is 12.8. The van der Waals surface area contributed by atoms with Crippen molar-refractivity contribution in [1.82, 2.24) is 9.55 Å². The summed E-state index contributed by atoms with van der Waals surface area (Å²) < 4.78 is 1.95. The number of benzene rings is 2. The van der Waals surface area contributed by atoms with E-state index in [1.165, 1.54) is 11.3 Å². The normalized spacial score (nSPS) is 10.7. The number of aromatic nitrogens is 2. The highest BCUT2D eigenvalue weighted by Gasteiger charge is 2.17. The molecule has 0 saturated carbocycles. The number of thiophene rings is 1. The number of rotatable bonds is 6. The van der Waals surface area contributed by atoms with Crippen LogP contribution < -0.4 is 10.6 Å². The molecule has 0 unspecified atom stereocenters. The second kappa shape index (κ2) is 9.60. The lowest BCUT2D eigenvalue weighted by atomic mass is 10.2. The Morgan fingerprint density at radius 3 is 2.50 bits per heavy atom. The fourth-order valence-corrected chi connectivity index (χ4v) is 4.93. The Morgan fingerprint density at radius 2 is 1.81 bits per heavy atom. The number of nitrogens with zero attached hydrogens (tertiary/aromatic N) is 2. The number of carbonyl (C=O) groups is 2. The van der Waals surface area contributed by atoms with Crippen LogP contribution in [-0.2, 0) is 7.05 Å². The molecule has 0 saturated heterocycles. The second-order valence-electron chi connectivity index (χ2n) is 6.96. The molecule has 2 N–H and O–H groups in total. The first kappa shape index (κ1) is 22.1. The molecule has 9 heteroatoms. The fourth-order valence-electron chi connectivity index (χ4n) is 2.94. The van der Waals surface area contributed by atoms with Crippen LogP contribution in [0.4, 0.5) is 10.7 Å². The minimum atomic E-state index is -0.315. The number of aryl methyl sites for hydroxylation is 2. The zero-order chi connectivity index (χ0) is 22.7. The first-order valence-electron chi connectivity index (χ1n) is 9.63. The van der Waals surface area contributed by atoms with Crippen molar-refractivity contribution in [2.75, 3.05) is 10.6 Å². The fraction of sp³-hybridized carbons (Fsp3) is 0.0870. The summed E-state index contributed by atoms with van der Waals surface area (Å²) in [6.07, 6.45) is 3.65. The van der Waals surface area contributed by atoms with Crippen molar-refractivity contribution in [3.8, 4) is 0 Å². The Labute approximate surface area is 198 Å². The van der Waals surface area contributed by atoms with Gasteiger partial charge in [0.2, 0.25) is 0 Å². The summed E-state index contributed by atoms with van der Waals surface area (Å²) in [5.41, 5.74) is 1.85. The van der Waals surface area contributed by atoms with Gasteiger partial charge in [-0.05, 0) is 55.0 Å². The highest BCUT2D eigenvalue weighted by Crippen LogP contribution is 2.30. The van der Waals surface area contributed by atoms with Gasteiger partial charge in [0.25, 0.3) is 11.8 Å². The van der Waals surface area contributed by atoms with Crippen LogP contribution in [0.3, 0.4) is 0 Å². The predicted molar refractivity (Wildman–Crippen MR) is 130 cm³/mol. The van der Waals surface area contributed by atoms with Crippen molar-refractivity contribution in [2.24, 2.45) is 7.05 Å². The van der Waals surface area contributed by atoms with E-state index in [4.69, 9.17) is 11.6 Å². The van der Waals surface area contributed by atoms with Crippen LogP contribution >= 0.6 is 34.7 Å². The monoisotopic (exact) mass is 482 g/mol. The molecule has 4 aromatic rings. The topological polar surface area (TPSA) is 76.0 Å². The molecule has 0 spiro atoms. The molecule has 32 heavy (non-hydrogen) atoms. The quantitative estimate of drug-likeness (QED) is 0.348. The van der Waals surface area contributed by atoms with E-state index in [1.54, 1.807) is 48.3 Å². The van der Waals surface area contributed by atoms with Gasteiger partial charge in [-0.1, -0.05) is 35.5 Å². The Morgan fingerprint density at radius 1 is 1.06 bits per heavy atom. The van der Waals surface area contributed by atoms with E-state index in [9.17, 15) is 9.59 Å².